The lowest BCUT2D eigenvalue weighted by molar-refractivity contribution is -0.0301. The van der Waals surface area contributed by atoms with Crippen molar-refractivity contribution in [1.82, 2.24) is 10.2 Å². The number of halogens is 1. The topological polar surface area (TPSA) is 46.1 Å². The molecule has 0 amide bonds. The molecule has 0 aliphatic carbocycles. The number of alkyl halides is 1. The van der Waals surface area contributed by atoms with Crippen LogP contribution in [0.5, 0.6) is 0 Å². The molecule has 24 heavy (non-hydrogen) atoms. The average Bonchev–Trinajstić information content (AvgIpc) is 2.60. The summed E-state index contributed by atoms with van der Waals surface area (Å²) in [5.41, 5.74) is -1.03. The van der Waals surface area contributed by atoms with E-state index < -0.39 is 5.67 Å². The van der Waals surface area contributed by atoms with Gasteiger partial charge < -0.3 is 14.9 Å². The summed E-state index contributed by atoms with van der Waals surface area (Å²) in [4.78, 5) is 7.72. The third-order valence-electron chi connectivity index (χ3n) is 5.27. The van der Waals surface area contributed by atoms with E-state index in [1.54, 1.807) is 6.92 Å². The lowest BCUT2D eigenvalue weighted by Crippen LogP contribution is -2.49. The van der Waals surface area contributed by atoms with Crippen molar-refractivity contribution >= 4 is 5.90 Å². The lowest BCUT2D eigenvalue weighted by atomic mass is 9.80. The number of likely N-dealkylation sites (tertiary alicyclic amines) is 1. The number of ether oxygens (including phenoxy) is 1. The summed E-state index contributed by atoms with van der Waals surface area (Å²) in [7, 11) is 0. The predicted octanol–water partition coefficient (Wildman–Crippen LogP) is 2.96. The largest absolute Gasteiger partial charge is 0.470 e. The first-order valence-electron chi connectivity index (χ1n) is 9.46. The van der Waals surface area contributed by atoms with E-state index in [9.17, 15) is 4.39 Å². The standard InChI is InChI=1S/C16H28FN3O2.C2H6/c1-15(3-7-18-8-4-15)14-19-21-12-13(22-14)11-20-9-5-16(2,17)6-10-20;1-2/h13,18H,3-12H2,1-2H3;1-2H3. The molecule has 0 saturated carbocycles. The molecule has 140 valence electrons. The molecular formula is C18H34FN3O2. The lowest BCUT2D eigenvalue weighted by Gasteiger charge is -2.39. The van der Waals surface area contributed by atoms with Crippen molar-refractivity contribution in [2.45, 2.75) is 65.2 Å². The summed E-state index contributed by atoms with van der Waals surface area (Å²) in [6, 6.07) is 0. The first-order chi connectivity index (χ1) is 11.5. The van der Waals surface area contributed by atoms with E-state index in [0.717, 1.165) is 51.5 Å². The second-order valence-electron chi connectivity index (χ2n) is 7.46. The molecule has 1 N–H and O–H groups in total. The van der Waals surface area contributed by atoms with E-state index in [1.165, 1.54) is 0 Å². The van der Waals surface area contributed by atoms with Gasteiger partial charge in [-0.05, 0) is 45.7 Å². The molecule has 0 radical (unpaired) electrons. The highest BCUT2D eigenvalue weighted by molar-refractivity contribution is 5.82. The number of rotatable bonds is 3. The van der Waals surface area contributed by atoms with Crippen LogP contribution < -0.4 is 5.32 Å². The van der Waals surface area contributed by atoms with Crippen LogP contribution in [0.3, 0.4) is 0 Å². The molecule has 6 heteroatoms. The van der Waals surface area contributed by atoms with E-state index in [-0.39, 0.29) is 11.5 Å². The van der Waals surface area contributed by atoms with Crippen molar-refractivity contribution in [3.8, 4) is 0 Å². The van der Waals surface area contributed by atoms with Crippen LogP contribution in [0.1, 0.15) is 53.4 Å². The molecule has 0 aromatic heterocycles. The van der Waals surface area contributed by atoms with Crippen LogP contribution in [-0.2, 0) is 9.57 Å². The van der Waals surface area contributed by atoms with Crippen LogP contribution in [0.15, 0.2) is 5.16 Å². The summed E-state index contributed by atoms with van der Waals surface area (Å²) >= 11 is 0. The third kappa shape index (κ3) is 5.06. The Balaban J connectivity index is 0.00000100. The summed E-state index contributed by atoms with van der Waals surface area (Å²) in [5.74, 6) is 0.748. The van der Waals surface area contributed by atoms with Gasteiger partial charge in [-0.1, -0.05) is 25.9 Å². The predicted molar refractivity (Wildman–Crippen MR) is 95.0 cm³/mol. The zero-order valence-corrected chi connectivity index (χ0v) is 15.7. The Morgan fingerprint density at radius 3 is 2.42 bits per heavy atom. The quantitative estimate of drug-likeness (QED) is 0.856. The van der Waals surface area contributed by atoms with Crippen LogP contribution in [0, 0.1) is 5.41 Å². The maximum Gasteiger partial charge on any atom is 0.232 e. The Bertz CT molecular complexity index is 412. The van der Waals surface area contributed by atoms with Gasteiger partial charge in [-0.3, -0.25) is 4.90 Å². The molecule has 3 rings (SSSR count). The Hall–Kier alpha value is -0.880. The Morgan fingerprint density at radius 2 is 1.79 bits per heavy atom. The number of nitrogens with zero attached hydrogens (tertiary/aromatic N) is 2. The molecule has 5 nitrogen and oxygen atoms in total. The minimum Gasteiger partial charge on any atom is -0.470 e. The molecule has 2 saturated heterocycles. The minimum atomic E-state index is -1.00. The van der Waals surface area contributed by atoms with Gasteiger partial charge in [0.2, 0.25) is 5.90 Å². The van der Waals surface area contributed by atoms with E-state index in [0.29, 0.717) is 19.4 Å². The van der Waals surface area contributed by atoms with Crippen molar-refractivity contribution in [1.29, 1.82) is 0 Å². The number of nitrogens with one attached hydrogen (secondary N) is 1. The van der Waals surface area contributed by atoms with Crippen LogP contribution in [0.2, 0.25) is 0 Å². The van der Waals surface area contributed by atoms with Gasteiger partial charge in [0.05, 0.1) is 0 Å². The normalized spacial score (nSPS) is 29.4. The highest BCUT2D eigenvalue weighted by atomic mass is 19.1. The molecule has 0 aromatic rings. The molecule has 1 atom stereocenters. The Morgan fingerprint density at radius 1 is 1.17 bits per heavy atom. The summed E-state index contributed by atoms with van der Waals surface area (Å²) in [6.45, 7) is 12.8. The van der Waals surface area contributed by atoms with Gasteiger partial charge in [-0.2, -0.15) is 0 Å². The van der Waals surface area contributed by atoms with Crippen LogP contribution in [-0.4, -0.2) is 61.9 Å². The number of piperidine rings is 2. The second-order valence-corrected chi connectivity index (χ2v) is 7.46. The van der Waals surface area contributed by atoms with Crippen molar-refractivity contribution < 1.29 is 14.0 Å². The van der Waals surface area contributed by atoms with Crippen LogP contribution in [0.25, 0.3) is 0 Å². The molecule has 0 bridgehead atoms. The van der Waals surface area contributed by atoms with Gasteiger partial charge in [-0.25, -0.2) is 4.39 Å². The molecule has 3 aliphatic rings. The molecule has 3 aliphatic heterocycles. The van der Waals surface area contributed by atoms with Gasteiger partial charge in [0.25, 0.3) is 0 Å². The zero-order chi connectivity index (χ0) is 17.6. The first kappa shape index (κ1) is 19.4. The molecule has 3 heterocycles. The highest BCUT2D eigenvalue weighted by Crippen LogP contribution is 2.32. The SMILES string of the molecule is CC.CC1(F)CCN(CC2CON=C(C3(C)CCNCC3)O2)CC1. The van der Waals surface area contributed by atoms with Crippen molar-refractivity contribution in [2.75, 3.05) is 39.3 Å². The highest BCUT2D eigenvalue weighted by Gasteiger charge is 2.39. The minimum absolute atomic E-state index is 0.00294. The fraction of sp³-hybridized carbons (Fsp3) is 0.944. The fourth-order valence-corrected chi connectivity index (χ4v) is 3.42. The Labute approximate surface area is 145 Å². The van der Waals surface area contributed by atoms with Crippen molar-refractivity contribution in [3.05, 3.63) is 0 Å². The fourth-order valence-electron chi connectivity index (χ4n) is 3.42. The van der Waals surface area contributed by atoms with Crippen molar-refractivity contribution in [2.24, 2.45) is 10.6 Å². The van der Waals surface area contributed by atoms with Crippen LogP contribution >= 0.6 is 0 Å². The Kier molecular flexibility index (Phi) is 6.87. The number of oxime groups is 1. The maximum absolute atomic E-state index is 13.9. The summed E-state index contributed by atoms with van der Waals surface area (Å²) in [5, 5.41) is 7.55. The van der Waals surface area contributed by atoms with Gasteiger partial charge in [0.1, 0.15) is 11.8 Å². The van der Waals surface area contributed by atoms with E-state index in [4.69, 9.17) is 9.57 Å². The number of hydrogen-bond acceptors (Lipinski definition) is 5. The van der Waals surface area contributed by atoms with Gasteiger partial charge >= 0.3 is 0 Å². The molecule has 2 fully saturated rings. The molecule has 0 aromatic carbocycles. The summed E-state index contributed by atoms with van der Waals surface area (Å²) < 4.78 is 20.0. The van der Waals surface area contributed by atoms with Crippen LogP contribution in [0.4, 0.5) is 4.39 Å². The van der Waals surface area contributed by atoms with Gasteiger partial charge in [-0.15, -0.1) is 0 Å². The van der Waals surface area contributed by atoms with E-state index >= 15 is 0 Å². The second kappa shape index (κ2) is 8.48. The smallest absolute Gasteiger partial charge is 0.232 e. The molecule has 0 spiro atoms. The number of hydrogen-bond donors (Lipinski definition) is 1. The van der Waals surface area contributed by atoms with Gasteiger partial charge in [0, 0.05) is 25.0 Å². The zero-order valence-electron chi connectivity index (χ0n) is 15.7. The molecular weight excluding hydrogens is 309 g/mol. The summed E-state index contributed by atoms with van der Waals surface area (Å²) in [6.07, 6.45) is 3.25. The van der Waals surface area contributed by atoms with E-state index in [1.807, 2.05) is 13.8 Å². The van der Waals surface area contributed by atoms with Gasteiger partial charge in [0.15, 0.2) is 6.61 Å². The molecule has 1 unspecified atom stereocenters. The monoisotopic (exact) mass is 343 g/mol. The van der Waals surface area contributed by atoms with E-state index in [2.05, 4.69) is 22.3 Å². The maximum atomic E-state index is 13.9. The third-order valence-corrected chi connectivity index (χ3v) is 5.27. The average molecular weight is 343 g/mol. The van der Waals surface area contributed by atoms with Crippen molar-refractivity contribution in [3.63, 3.8) is 0 Å². The first-order valence-corrected chi connectivity index (χ1v) is 9.46.